The fourth-order valence-corrected chi connectivity index (χ4v) is 1.76. The van der Waals surface area contributed by atoms with Crippen LogP contribution in [0.4, 0.5) is 0 Å². The molecule has 0 bridgehead atoms. The van der Waals surface area contributed by atoms with Gasteiger partial charge < -0.3 is 9.31 Å². The molecule has 0 radical (unpaired) electrons. The number of Topliss-reactive ketones (excluding diaryl/α,β-unsaturated/α-hetero) is 1. The van der Waals surface area contributed by atoms with E-state index >= 15 is 0 Å². The van der Waals surface area contributed by atoms with Crippen LogP contribution in [0.1, 0.15) is 31.1 Å². The molecule has 3 nitrogen and oxygen atoms in total. The molecule has 1 aliphatic rings. The summed E-state index contributed by atoms with van der Waals surface area (Å²) in [6.45, 7) is 7.16. The molecule has 2 rings (SSSR count). The number of carbonyl (C=O) groups is 1. The Kier molecular flexibility index (Phi) is 3.36. The predicted molar refractivity (Wildman–Crippen MR) is 67.5 cm³/mol. The van der Waals surface area contributed by atoms with Crippen LogP contribution in [-0.2, 0) is 9.31 Å². The molecule has 0 atom stereocenters. The van der Waals surface area contributed by atoms with Crippen molar-refractivity contribution in [1.82, 2.24) is 0 Å². The molecule has 1 fully saturated rings. The zero-order valence-electron chi connectivity index (χ0n) is 10.5. The zero-order valence-corrected chi connectivity index (χ0v) is 10.5. The average molecular weight is 232 g/mol. The van der Waals surface area contributed by atoms with Crippen molar-refractivity contribution in [2.24, 2.45) is 5.41 Å². The second-order valence-corrected chi connectivity index (χ2v) is 5.30. The van der Waals surface area contributed by atoms with E-state index in [1.54, 1.807) is 6.92 Å². The highest BCUT2D eigenvalue weighted by molar-refractivity contribution is 6.61. The largest absolute Gasteiger partial charge is 0.493 e. The Bertz CT molecular complexity index is 401. The molecule has 0 spiro atoms. The van der Waals surface area contributed by atoms with Gasteiger partial charge in [0.1, 0.15) is 0 Å². The van der Waals surface area contributed by atoms with Crippen molar-refractivity contribution >= 4 is 18.4 Å². The maximum atomic E-state index is 11.2. The van der Waals surface area contributed by atoms with Gasteiger partial charge in [-0.3, -0.25) is 4.79 Å². The van der Waals surface area contributed by atoms with Crippen molar-refractivity contribution in [2.75, 3.05) is 13.2 Å². The Labute approximate surface area is 102 Å². The molecule has 4 heteroatoms. The highest BCUT2D eigenvalue weighted by Crippen LogP contribution is 2.21. The van der Waals surface area contributed by atoms with Crippen LogP contribution >= 0.6 is 0 Å². The lowest BCUT2D eigenvalue weighted by atomic mass is 9.75. The summed E-state index contributed by atoms with van der Waals surface area (Å²) in [6, 6.07) is 7.40. The lowest BCUT2D eigenvalue weighted by molar-refractivity contribution is 0.0343. The molecule has 17 heavy (non-hydrogen) atoms. The van der Waals surface area contributed by atoms with E-state index in [1.165, 1.54) is 0 Å². The number of carbonyl (C=O) groups excluding carboxylic acids is 1. The number of ketones is 1. The van der Waals surface area contributed by atoms with E-state index in [-0.39, 0.29) is 18.3 Å². The van der Waals surface area contributed by atoms with Gasteiger partial charge in [0, 0.05) is 24.2 Å². The minimum atomic E-state index is -0.302. The Morgan fingerprint density at radius 1 is 1.18 bits per heavy atom. The third-order valence-electron chi connectivity index (χ3n) is 2.84. The Hall–Kier alpha value is -1.13. The van der Waals surface area contributed by atoms with Gasteiger partial charge in [-0.15, -0.1) is 0 Å². The van der Waals surface area contributed by atoms with E-state index in [2.05, 4.69) is 13.8 Å². The van der Waals surface area contributed by atoms with Crippen LogP contribution in [-0.4, -0.2) is 26.1 Å². The third-order valence-corrected chi connectivity index (χ3v) is 2.84. The van der Waals surface area contributed by atoms with Crippen LogP contribution < -0.4 is 5.46 Å². The molecule has 1 saturated heterocycles. The number of benzene rings is 1. The average Bonchev–Trinajstić information content (AvgIpc) is 2.29. The molecule has 0 N–H and O–H groups in total. The van der Waals surface area contributed by atoms with Crippen LogP contribution in [0.3, 0.4) is 0 Å². The number of rotatable bonds is 2. The van der Waals surface area contributed by atoms with Gasteiger partial charge in [-0.2, -0.15) is 0 Å². The Morgan fingerprint density at radius 2 is 1.71 bits per heavy atom. The first-order chi connectivity index (χ1) is 7.98. The Morgan fingerprint density at radius 3 is 2.18 bits per heavy atom. The van der Waals surface area contributed by atoms with E-state index in [0.29, 0.717) is 18.8 Å². The van der Waals surface area contributed by atoms with Crippen LogP contribution in [0.5, 0.6) is 0 Å². The molecule has 0 saturated carbocycles. The van der Waals surface area contributed by atoms with Crippen molar-refractivity contribution in [3.63, 3.8) is 0 Å². The molecule has 90 valence electrons. The van der Waals surface area contributed by atoms with Gasteiger partial charge in [-0.25, -0.2) is 0 Å². The van der Waals surface area contributed by atoms with E-state index in [9.17, 15) is 4.79 Å². The SMILES string of the molecule is CC(=O)c1ccc(B2OCC(C)(C)CO2)cc1. The highest BCUT2D eigenvalue weighted by Gasteiger charge is 2.33. The summed E-state index contributed by atoms with van der Waals surface area (Å²) in [5.74, 6) is 0.0724. The van der Waals surface area contributed by atoms with Crippen molar-refractivity contribution in [1.29, 1.82) is 0 Å². The fourth-order valence-electron chi connectivity index (χ4n) is 1.76. The first-order valence-electron chi connectivity index (χ1n) is 5.82. The second kappa shape index (κ2) is 4.63. The van der Waals surface area contributed by atoms with E-state index in [1.807, 2.05) is 24.3 Å². The predicted octanol–water partition coefficient (Wildman–Crippen LogP) is 1.66. The molecule has 0 unspecified atom stereocenters. The zero-order chi connectivity index (χ0) is 12.5. The summed E-state index contributed by atoms with van der Waals surface area (Å²) in [6.07, 6.45) is 0. The minimum absolute atomic E-state index is 0.0724. The van der Waals surface area contributed by atoms with E-state index in [4.69, 9.17) is 9.31 Å². The molecule has 1 aliphatic heterocycles. The van der Waals surface area contributed by atoms with E-state index in [0.717, 1.165) is 5.46 Å². The first kappa shape index (κ1) is 12.3. The molecule has 0 amide bonds. The van der Waals surface area contributed by atoms with Crippen LogP contribution in [0, 0.1) is 5.41 Å². The summed E-state index contributed by atoms with van der Waals surface area (Å²) < 4.78 is 11.3. The number of hydrogen-bond acceptors (Lipinski definition) is 3. The maximum Gasteiger partial charge on any atom is 0.493 e. The summed E-state index contributed by atoms with van der Waals surface area (Å²) in [5, 5.41) is 0. The van der Waals surface area contributed by atoms with Crippen molar-refractivity contribution in [2.45, 2.75) is 20.8 Å². The summed E-state index contributed by atoms with van der Waals surface area (Å²) in [5.41, 5.74) is 1.76. The van der Waals surface area contributed by atoms with Gasteiger partial charge in [0.2, 0.25) is 0 Å². The van der Waals surface area contributed by atoms with Gasteiger partial charge in [0.15, 0.2) is 5.78 Å². The van der Waals surface area contributed by atoms with Gasteiger partial charge in [0.05, 0.1) is 0 Å². The summed E-state index contributed by atoms with van der Waals surface area (Å²) in [7, 11) is -0.302. The summed E-state index contributed by atoms with van der Waals surface area (Å²) >= 11 is 0. The van der Waals surface area contributed by atoms with E-state index < -0.39 is 0 Å². The van der Waals surface area contributed by atoms with Crippen molar-refractivity contribution in [3.8, 4) is 0 Å². The normalized spacial score (nSPS) is 19.1. The number of hydrogen-bond donors (Lipinski definition) is 0. The van der Waals surface area contributed by atoms with Gasteiger partial charge in [-0.05, 0) is 12.4 Å². The minimum Gasteiger partial charge on any atom is -0.407 e. The molecule has 1 aromatic carbocycles. The van der Waals surface area contributed by atoms with Crippen molar-refractivity contribution < 1.29 is 14.1 Å². The third kappa shape index (κ3) is 2.96. The van der Waals surface area contributed by atoms with Crippen LogP contribution in [0.15, 0.2) is 24.3 Å². The van der Waals surface area contributed by atoms with Crippen LogP contribution in [0.25, 0.3) is 0 Å². The second-order valence-electron chi connectivity index (χ2n) is 5.30. The molecule has 0 aromatic heterocycles. The molecular formula is C13H17BO3. The van der Waals surface area contributed by atoms with Gasteiger partial charge in [0.25, 0.3) is 0 Å². The first-order valence-corrected chi connectivity index (χ1v) is 5.82. The standard InChI is InChI=1S/C13H17BO3/c1-10(15)11-4-6-12(7-5-11)14-16-8-13(2,3)9-17-14/h4-7H,8-9H2,1-3H3. The van der Waals surface area contributed by atoms with Crippen LogP contribution in [0.2, 0.25) is 0 Å². The quantitative estimate of drug-likeness (QED) is 0.574. The van der Waals surface area contributed by atoms with Gasteiger partial charge >= 0.3 is 7.12 Å². The lowest BCUT2D eigenvalue weighted by Crippen LogP contribution is -2.47. The fraction of sp³-hybridized carbons (Fsp3) is 0.462. The van der Waals surface area contributed by atoms with Gasteiger partial charge in [-0.1, -0.05) is 38.1 Å². The summed E-state index contributed by atoms with van der Waals surface area (Å²) in [4.78, 5) is 11.2. The maximum absolute atomic E-state index is 11.2. The molecule has 0 aliphatic carbocycles. The smallest absolute Gasteiger partial charge is 0.407 e. The molecular weight excluding hydrogens is 215 g/mol. The molecule has 1 heterocycles. The monoisotopic (exact) mass is 232 g/mol. The lowest BCUT2D eigenvalue weighted by Gasteiger charge is -2.33. The topological polar surface area (TPSA) is 35.5 Å². The Balaban J connectivity index is 2.06. The molecule has 1 aromatic rings. The highest BCUT2D eigenvalue weighted by atomic mass is 16.6. The van der Waals surface area contributed by atoms with Crippen molar-refractivity contribution in [3.05, 3.63) is 29.8 Å².